The number of hydrazone groups is 1. The number of carbonyl (C=O) groups is 3. The van der Waals surface area contributed by atoms with Crippen LogP contribution in [0.4, 0.5) is 10.1 Å². The van der Waals surface area contributed by atoms with Gasteiger partial charge < -0.3 is 15.4 Å². The Bertz CT molecular complexity index is 936. The maximum absolute atomic E-state index is 13.2. The first-order valence-corrected chi connectivity index (χ1v) is 8.86. The van der Waals surface area contributed by atoms with Crippen molar-refractivity contribution in [3.8, 4) is 5.75 Å². The summed E-state index contributed by atoms with van der Waals surface area (Å²) >= 11 is 5.67. The minimum absolute atomic E-state index is 0.111. The van der Waals surface area contributed by atoms with E-state index < -0.39 is 23.5 Å². The molecule has 0 atom stereocenters. The quantitative estimate of drug-likeness (QED) is 0.362. The van der Waals surface area contributed by atoms with Gasteiger partial charge in [-0.2, -0.15) is 5.10 Å². The van der Waals surface area contributed by atoms with Crippen LogP contribution in [-0.2, 0) is 14.4 Å². The van der Waals surface area contributed by atoms with Gasteiger partial charge in [0.1, 0.15) is 11.6 Å². The minimum atomic E-state index is -0.904. The van der Waals surface area contributed by atoms with Crippen LogP contribution in [0.15, 0.2) is 47.6 Å². The van der Waals surface area contributed by atoms with Crippen molar-refractivity contribution >= 4 is 41.2 Å². The minimum Gasteiger partial charge on any atom is -0.483 e. The number of anilines is 1. The fourth-order valence-electron chi connectivity index (χ4n) is 2.08. The highest BCUT2D eigenvalue weighted by atomic mass is 35.5. The lowest BCUT2D eigenvalue weighted by molar-refractivity contribution is -0.139. The van der Waals surface area contributed by atoms with Crippen molar-refractivity contribution in [2.24, 2.45) is 5.10 Å². The molecule has 10 heteroatoms. The van der Waals surface area contributed by atoms with E-state index in [0.717, 1.165) is 6.07 Å². The van der Waals surface area contributed by atoms with Gasteiger partial charge in [-0.15, -0.1) is 0 Å². The van der Waals surface area contributed by atoms with Crippen LogP contribution in [0.25, 0.3) is 0 Å². The third-order valence-electron chi connectivity index (χ3n) is 3.39. The van der Waals surface area contributed by atoms with Crippen LogP contribution in [-0.4, -0.2) is 37.1 Å². The second-order valence-electron chi connectivity index (χ2n) is 5.56. The van der Waals surface area contributed by atoms with E-state index in [1.807, 2.05) is 0 Å². The Morgan fingerprint density at radius 3 is 2.66 bits per heavy atom. The van der Waals surface area contributed by atoms with Gasteiger partial charge in [0.25, 0.3) is 5.91 Å². The standard InChI is InChI=1S/C19H18ClFN4O4/c1-2-22-18(27)19(28)25-23-10-12-5-3-4-6-16(12)29-11-17(26)24-13-7-8-15(21)14(20)9-13/h3-10H,2,11H2,1H3,(H,22,27)(H,24,26)(H,25,28)/b23-10-. The Balaban J connectivity index is 1.93. The first-order chi connectivity index (χ1) is 13.9. The summed E-state index contributed by atoms with van der Waals surface area (Å²) in [7, 11) is 0. The molecule has 0 saturated heterocycles. The van der Waals surface area contributed by atoms with Crippen LogP contribution >= 0.6 is 11.6 Å². The molecule has 0 aliphatic carbocycles. The average molecular weight is 421 g/mol. The predicted octanol–water partition coefficient (Wildman–Crippen LogP) is 2.08. The van der Waals surface area contributed by atoms with Gasteiger partial charge >= 0.3 is 11.8 Å². The fourth-order valence-corrected chi connectivity index (χ4v) is 2.27. The van der Waals surface area contributed by atoms with Gasteiger partial charge in [-0.25, -0.2) is 9.82 Å². The lowest BCUT2D eigenvalue weighted by Crippen LogP contribution is -2.37. The molecule has 2 rings (SSSR count). The largest absolute Gasteiger partial charge is 0.483 e. The number of para-hydroxylation sites is 1. The molecule has 0 radical (unpaired) electrons. The molecule has 2 aromatic carbocycles. The molecule has 3 N–H and O–H groups in total. The van der Waals surface area contributed by atoms with Crippen LogP contribution in [0, 0.1) is 5.82 Å². The van der Waals surface area contributed by atoms with E-state index in [0.29, 0.717) is 23.5 Å². The normalized spacial score (nSPS) is 10.4. The molecule has 0 aliphatic rings. The van der Waals surface area contributed by atoms with E-state index >= 15 is 0 Å². The number of benzene rings is 2. The highest BCUT2D eigenvalue weighted by molar-refractivity contribution is 6.35. The van der Waals surface area contributed by atoms with Crippen molar-refractivity contribution in [1.29, 1.82) is 0 Å². The first kappa shape index (κ1) is 21.8. The van der Waals surface area contributed by atoms with E-state index in [2.05, 4.69) is 21.2 Å². The second kappa shape index (κ2) is 10.8. The summed E-state index contributed by atoms with van der Waals surface area (Å²) < 4.78 is 18.6. The van der Waals surface area contributed by atoms with Gasteiger partial charge in [0.2, 0.25) is 0 Å². The Morgan fingerprint density at radius 2 is 1.93 bits per heavy atom. The van der Waals surface area contributed by atoms with Crippen molar-refractivity contribution < 1.29 is 23.5 Å². The number of hydrogen-bond donors (Lipinski definition) is 3. The van der Waals surface area contributed by atoms with Gasteiger partial charge in [-0.1, -0.05) is 23.7 Å². The molecule has 0 saturated carbocycles. The first-order valence-electron chi connectivity index (χ1n) is 8.48. The number of carbonyl (C=O) groups excluding carboxylic acids is 3. The maximum atomic E-state index is 13.2. The summed E-state index contributed by atoms with van der Waals surface area (Å²) in [4.78, 5) is 34.8. The molecular weight excluding hydrogens is 403 g/mol. The van der Waals surface area contributed by atoms with Crippen LogP contribution in [0.1, 0.15) is 12.5 Å². The lowest BCUT2D eigenvalue weighted by Gasteiger charge is -2.10. The summed E-state index contributed by atoms with van der Waals surface area (Å²) in [5.74, 6) is -2.45. The molecule has 152 valence electrons. The number of rotatable bonds is 7. The Kier molecular flexibility index (Phi) is 8.11. The molecule has 0 aromatic heterocycles. The zero-order valence-electron chi connectivity index (χ0n) is 15.4. The lowest BCUT2D eigenvalue weighted by atomic mass is 10.2. The van der Waals surface area contributed by atoms with Gasteiger partial charge in [-0.3, -0.25) is 14.4 Å². The van der Waals surface area contributed by atoms with E-state index in [-0.39, 0.29) is 11.6 Å². The van der Waals surface area contributed by atoms with E-state index in [4.69, 9.17) is 16.3 Å². The van der Waals surface area contributed by atoms with Crippen LogP contribution in [0.5, 0.6) is 5.75 Å². The molecular formula is C19H18ClFN4O4. The molecule has 0 heterocycles. The summed E-state index contributed by atoms with van der Waals surface area (Å²) in [6.07, 6.45) is 1.28. The number of likely N-dealkylation sites (N-methyl/N-ethyl adjacent to an activating group) is 1. The highest BCUT2D eigenvalue weighted by Crippen LogP contribution is 2.19. The number of amides is 3. The third-order valence-corrected chi connectivity index (χ3v) is 3.68. The number of nitrogens with one attached hydrogen (secondary N) is 3. The van der Waals surface area contributed by atoms with E-state index in [1.54, 1.807) is 31.2 Å². The van der Waals surface area contributed by atoms with Crippen molar-refractivity contribution in [2.75, 3.05) is 18.5 Å². The molecule has 0 unspecified atom stereocenters. The molecule has 0 spiro atoms. The van der Waals surface area contributed by atoms with Gasteiger partial charge in [0.15, 0.2) is 6.61 Å². The summed E-state index contributed by atoms with van der Waals surface area (Å²) in [6, 6.07) is 10.4. The van der Waals surface area contributed by atoms with Crippen LogP contribution in [0.2, 0.25) is 5.02 Å². The Morgan fingerprint density at radius 1 is 1.17 bits per heavy atom. The Hall–Kier alpha value is -3.46. The summed E-state index contributed by atoms with van der Waals surface area (Å²) in [6.45, 7) is 1.67. The second-order valence-corrected chi connectivity index (χ2v) is 5.97. The smallest absolute Gasteiger partial charge is 0.329 e. The zero-order valence-corrected chi connectivity index (χ0v) is 16.1. The molecule has 0 bridgehead atoms. The molecule has 0 aliphatic heterocycles. The topological polar surface area (TPSA) is 109 Å². The average Bonchev–Trinajstić information content (AvgIpc) is 2.70. The predicted molar refractivity (Wildman–Crippen MR) is 106 cm³/mol. The zero-order chi connectivity index (χ0) is 21.2. The van der Waals surface area contributed by atoms with E-state index in [9.17, 15) is 18.8 Å². The highest BCUT2D eigenvalue weighted by Gasteiger charge is 2.11. The van der Waals surface area contributed by atoms with E-state index in [1.165, 1.54) is 18.3 Å². The van der Waals surface area contributed by atoms with Crippen molar-refractivity contribution in [1.82, 2.24) is 10.7 Å². The van der Waals surface area contributed by atoms with Crippen LogP contribution < -0.4 is 20.8 Å². The Labute approximate surface area is 171 Å². The SMILES string of the molecule is CCNC(=O)C(=O)N/N=C\c1ccccc1OCC(=O)Nc1ccc(F)c(Cl)c1. The monoisotopic (exact) mass is 420 g/mol. The van der Waals surface area contributed by atoms with Crippen molar-refractivity contribution in [3.63, 3.8) is 0 Å². The number of halogens is 2. The van der Waals surface area contributed by atoms with Gasteiger partial charge in [0, 0.05) is 17.8 Å². The van der Waals surface area contributed by atoms with Gasteiger partial charge in [-0.05, 0) is 37.3 Å². The number of ether oxygens (including phenoxy) is 1. The summed E-state index contributed by atoms with van der Waals surface area (Å²) in [5, 5.41) is 8.46. The number of nitrogens with zero attached hydrogens (tertiary/aromatic N) is 1. The fraction of sp³-hybridized carbons (Fsp3) is 0.158. The molecule has 29 heavy (non-hydrogen) atoms. The molecule has 3 amide bonds. The summed E-state index contributed by atoms with van der Waals surface area (Å²) in [5.41, 5.74) is 2.89. The maximum Gasteiger partial charge on any atom is 0.329 e. The molecule has 8 nitrogen and oxygen atoms in total. The van der Waals surface area contributed by atoms with Gasteiger partial charge in [0.05, 0.1) is 11.2 Å². The van der Waals surface area contributed by atoms with Crippen molar-refractivity contribution in [3.05, 3.63) is 58.9 Å². The third kappa shape index (κ3) is 6.89. The van der Waals surface area contributed by atoms with Crippen molar-refractivity contribution in [2.45, 2.75) is 6.92 Å². The number of hydrogen-bond acceptors (Lipinski definition) is 5. The molecule has 2 aromatic rings. The van der Waals surface area contributed by atoms with Crippen LogP contribution in [0.3, 0.4) is 0 Å². The molecule has 0 fully saturated rings.